The van der Waals surface area contributed by atoms with Crippen molar-refractivity contribution in [3.8, 4) is 11.4 Å². The molecule has 0 radical (unpaired) electrons. The molecule has 4 rings (SSSR count). The number of piperidine rings is 1. The Morgan fingerprint density at radius 2 is 1.88 bits per heavy atom. The lowest BCUT2D eigenvalue weighted by molar-refractivity contribution is 0.273. The van der Waals surface area contributed by atoms with E-state index in [-0.39, 0.29) is 0 Å². The van der Waals surface area contributed by atoms with E-state index in [0.29, 0.717) is 24.8 Å². The summed E-state index contributed by atoms with van der Waals surface area (Å²) >= 11 is 0. The Balaban J connectivity index is 1.44. The van der Waals surface area contributed by atoms with Crippen molar-refractivity contribution in [2.75, 3.05) is 19.3 Å². The highest BCUT2D eigenvalue weighted by Crippen LogP contribution is 2.23. The van der Waals surface area contributed by atoms with Crippen molar-refractivity contribution < 1.29 is 8.42 Å². The van der Waals surface area contributed by atoms with Crippen LogP contribution in [0.3, 0.4) is 0 Å². The van der Waals surface area contributed by atoms with Gasteiger partial charge in [0.05, 0.1) is 30.0 Å². The predicted octanol–water partition coefficient (Wildman–Crippen LogP) is 1.40. The maximum absolute atomic E-state index is 11.6. The van der Waals surface area contributed by atoms with E-state index < -0.39 is 10.0 Å². The zero-order valence-corrected chi connectivity index (χ0v) is 15.3. The van der Waals surface area contributed by atoms with Gasteiger partial charge in [0.25, 0.3) is 0 Å². The van der Waals surface area contributed by atoms with E-state index >= 15 is 0 Å². The van der Waals surface area contributed by atoms with Crippen LogP contribution in [0, 0.1) is 5.92 Å². The van der Waals surface area contributed by atoms with Gasteiger partial charge in [0.1, 0.15) is 5.69 Å². The van der Waals surface area contributed by atoms with Gasteiger partial charge in [-0.1, -0.05) is 0 Å². The third kappa shape index (κ3) is 3.45. The highest BCUT2D eigenvalue weighted by Gasteiger charge is 2.25. The Kier molecular flexibility index (Phi) is 4.41. The first-order chi connectivity index (χ1) is 12.5. The van der Waals surface area contributed by atoms with Gasteiger partial charge in [-0.05, 0) is 31.2 Å². The fraction of sp³-hybridized carbons (Fsp3) is 0.412. The van der Waals surface area contributed by atoms with Gasteiger partial charge in [0.15, 0.2) is 0 Å². The summed E-state index contributed by atoms with van der Waals surface area (Å²) in [5, 5.41) is 0. The van der Waals surface area contributed by atoms with Gasteiger partial charge in [-0.15, -0.1) is 0 Å². The smallest absolute Gasteiger partial charge is 0.234 e. The molecule has 1 aliphatic rings. The van der Waals surface area contributed by atoms with Crippen LogP contribution in [0.5, 0.6) is 0 Å². The molecule has 0 saturated carbocycles. The second kappa shape index (κ2) is 6.73. The van der Waals surface area contributed by atoms with Gasteiger partial charge in [-0.3, -0.25) is 14.4 Å². The van der Waals surface area contributed by atoms with Crippen molar-refractivity contribution in [3.05, 3.63) is 42.7 Å². The number of hydrogen-bond acceptors (Lipinski definition) is 6. The molecule has 3 aromatic rings. The summed E-state index contributed by atoms with van der Waals surface area (Å²) < 4.78 is 26.6. The molecule has 0 unspecified atom stereocenters. The molecule has 9 heteroatoms. The lowest BCUT2D eigenvalue weighted by Gasteiger charge is -2.29. The fourth-order valence-corrected chi connectivity index (χ4v) is 4.22. The van der Waals surface area contributed by atoms with Gasteiger partial charge < -0.3 is 0 Å². The molecule has 8 nitrogen and oxygen atoms in total. The second-order valence-corrected chi connectivity index (χ2v) is 8.62. The van der Waals surface area contributed by atoms with Crippen LogP contribution in [0.25, 0.3) is 17.2 Å². The third-order valence-corrected chi connectivity index (χ3v) is 6.10. The number of aromatic nitrogens is 5. The van der Waals surface area contributed by atoms with Crippen molar-refractivity contribution in [2.24, 2.45) is 5.92 Å². The summed E-state index contributed by atoms with van der Waals surface area (Å²) in [6.45, 7) is 1.17. The summed E-state index contributed by atoms with van der Waals surface area (Å²) in [7, 11) is -3.08. The molecular weight excluding hydrogens is 352 g/mol. The van der Waals surface area contributed by atoms with Crippen molar-refractivity contribution >= 4 is 15.8 Å². The Morgan fingerprint density at radius 3 is 2.58 bits per heavy atom. The topological polar surface area (TPSA) is 93.4 Å². The van der Waals surface area contributed by atoms with Crippen LogP contribution in [-0.4, -0.2) is 56.4 Å². The van der Waals surface area contributed by atoms with Crippen LogP contribution in [0.2, 0.25) is 0 Å². The molecule has 0 spiro atoms. The molecule has 4 heterocycles. The Morgan fingerprint density at radius 1 is 1.08 bits per heavy atom. The summed E-state index contributed by atoms with van der Waals surface area (Å²) in [5.74, 6) is 1.07. The number of sulfonamides is 1. The molecule has 0 atom stereocenters. The summed E-state index contributed by atoms with van der Waals surface area (Å²) in [6, 6.07) is 1.85. The number of rotatable bonds is 4. The van der Waals surface area contributed by atoms with E-state index in [0.717, 1.165) is 36.3 Å². The van der Waals surface area contributed by atoms with Gasteiger partial charge in [-0.2, -0.15) is 0 Å². The second-order valence-electron chi connectivity index (χ2n) is 6.64. The van der Waals surface area contributed by atoms with E-state index in [2.05, 4.69) is 19.9 Å². The van der Waals surface area contributed by atoms with Gasteiger partial charge in [-0.25, -0.2) is 22.7 Å². The Hall–Kier alpha value is -2.39. The monoisotopic (exact) mass is 372 g/mol. The van der Waals surface area contributed by atoms with Crippen molar-refractivity contribution in [1.82, 2.24) is 28.6 Å². The normalized spacial score (nSPS) is 17.0. The Bertz CT molecular complexity index is 1010. The molecule has 1 aliphatic heterocycles. The van der Waals surface area contributed by atoms with Crippen molar-refractivity contribution in [3.63, 3.8) is 0 Å². The number of imidazole rings is 1. The molecule has 0 bridgehead atoms. The van der Waals surface area contributed by atoms with E-state index in [1.54, 1.807) is 29.1 Å². The average molecular weight is 372 g/mol. The minimum absolute atomic E-state index is 0.438. The molecular formula is C17H20N6O2S. The first-order valence-corrected chi connectivity index (χ1v) is 10.4. The zero-order chi connectivity index (χ0) is 18.1. The number of nitrogens with zero attached hydrogens (tertiary/aromatic N) is 6. The third-order valence-electron chi connectivity index (χ3n) is 4.80. The SMILES string of the molecule is CS(=O)(=O)N1CCC(Cc2cnc(-c3cnc4ncccn34)cn2)CC1. The molecule has 0 N–H and O–H groups in total. The van der Waals surface area contributed by atoms with E-state index in [1.807, 2.05) is 16.7 Å². The van der Waals surface area contributed by atoms with E-state index in [9.17, 15) is 8.42 Å². The maximum atomic E-state index is 11.6. The van der Waals surface area contributed by atoms with E-state index in [4.69, 9.17) is 0 Å². The molecule has 1 saturated heterocycles. The molecule has 1 fully saturated rings. The Labute approximate surface area is 152 Å². The molecule has 0 aliphatic carbocycles. The molecule has 3 aromatic heterocycles. The highest BCUT2D eigenvalue weighted by molar-refractivity contribution is 7.88. The van der Waals surface area contributed by atoms with Gasteiger partial charge in [0, 0.05) is 31.7 Å². The molecule has 0 amide bonds. The lowest BCUT2D eigenvalue weighted by Crippen LogP contribution is -2.38. The highest BCUT2D eigenvalue weighted by atomic mass is 32.2. The van der Waals surface area contributed by atoms with Crippen LogP contribution in [-0.2, 0) is 16.4 Å². The summed E-state index contributed by atoms with van der Waals surface area (Å²) in [6.07, 6.45) is 12.7. The minimum Gasteiger partial charge on any atom is -0.282 e. The summed E-state index contributed by atoms with van der Waals surface area (Å²) in [4.78, 5) is 17.6. The van der Waals surface area contributed by atoms with Crippen molar-refractivity contribution in [1.29, 1.82) is 0 Å². The van der Waals surface area contributed by atoms with Crippen LogP contribution in [0.1, 0.15) is 18.5 Å². The first-order valence-electron chi connectivity index (χ1n) is 8.55. The zero-order valence-electron chi connectivity index (χ0n) is 14.5. The molecule has 26 heavy (non-hydrogen) atoms. The average Bonchev–Trinajstić information content (AvgIpc) is 3.06. The van der Waals surface area contributed by atoms with Crippen LogP contribution < -0.4 is 0 Å². The van der Waals surface area contributed by atoms with Crippen LogP contribution >= 0.6 is 0 Å². The van der Waals surface area contributed by atoms with Crippen LogP contribution in [0.15, 0.2) is 37.1 Å². The van der Waals surface area contributed by atoms with Crippen molar-refractivity contribution in [2.45, 2.75) is 19.3 Å². The fourth-order valence-electron chi connectivity index (χ4n) is 3.35. The molecule has 0 aromatic carbocycles. The van der Waals surface area contributed by atoms with Gasteiger partial charge >= 0.3 is 0 Å². The summed E-state index contributed by atoms with van der Waals surface area (Å²) in [5.41, 5.74) is 2.54. The lowest BCUT2D eigenvalue weighted by atomic mass is 9.93. The first kappa shape index (κ1) is 17.0. The van der Waals surface area contributed by atoms with Crippen LogP contribution in [0.4, 0.5) is 0 Å². The largest absolute Gasteiger partial charge is 0.282 e. The number of hydrogen-bond donors (Lipinski definition) is 0. The van der Waals surface area contributed by atoms with Gasteiger partial charge in [0.2, 0.25) is 15.8 Å². The maximum Gasteiger partial charge on any atom is 0.234 e. The molecule has 136 valence electrons. The quantitative estimate of drug-likeness (QED) is 0.687. The standard InChI is InChI=1S/C17H20N6O2S/c1-26(24,25)22-7-3-13(4-8-22)9-14-10-20-15(11-19-14)16-12-21-17-18-5-2-6-23(16)17/h2,5-6,10-13H,3-4,7-9H2,1H3. The predicted molar refractivity (Wildman–Crippen MR) is 96.9 cm³/mol. The number of fused-ring (bicyclic) bond motifs is 1. The van der Waals surface area contributed by atoms with E-state index in [1.165, 1.54) is 6.26 Å². The minimum atomic E-state index is -3.08.